The Morgan fingerprint density at radius 2 is 1.83 bits per heavy atom. The minimum Gasteiger partial charge on any atom is -0.497 e. The smallest absolute Gasteiger partial charge is 0.243 e. The summed E-state index contributed by atoms with van der Waals surface area (Å²) in [6, 6.07) is 8.60. The highest BCUT2D eigenvalue weighted by Crippen LogP contribution is 2.30. The number of methoxy groups -OCH3 is 1. The highest BCUT2D eigenvalue weighted by atomic mass is 16.5. The van der Waals surface area contributed by atoms with Crippen LogP contribution >= 0.6 is 0 Å². The normalized spacial score (nSPS) is 27.6. The van der Waals surface area contributed by atoms with Gasteiger partial charge in [0.1, 0.15) is 11.8 Å². The van der Waals surface area contributed by atoms with Crippen LogP contribution in [0.15, 0.2) is 24.3 Å². The standard InChI is InChI=1S/C29H46N4O3/c1-21(34)33-16-15-26(18-28(33)29(35)31-25-13-11-24(30)12-14-25)32(19-22-7-4-3-5-8-22)20-23-9-6-10-27(17-23)36-2/h6,9-10,17,22,24-26,28H,3-5,7-8,11-16,18-20,30H2,1-2H3,(H,31,35)/t24?,25?,26?,28-/m1/s1. The molecule has 0 bridgehead atoms. The summed E-state index contributed by atoms with van der Waals surface area (Å²) in [7, 11) is 1.71. The average molecular weight is 499 g/mol. The number of hydrogen-bond acceptors (Lipinski definition) is 5. The van der Waals surface area contributed by atoms with Gasteiger partial charge in [0.15, 0.2) is 0 Å². The molecule has 1 aromatic carbocycles. The Morgan fingerprint density at radius 1 is 1.08 bits per heavy atom. The molecule has 1 aromatic rings. The van der Waals surface area contributed by atoms with Crippen molar-refractivity contribution in [1.29, 1.82) is 0 Å². The summed E-state index contributed by atoms with van der Waals surface area (Å²) in [6.07, 6.45) is 11.9. The summed E-state index contributed by atoms with van der Waals surface area (Å²) in [5, 5.41) is 3.28. The zero-order chi connectivity index (χ0) is 25.5. The van der Waals surface area contributed by atoms with Gasteiger partial charge in [0.25, 0.3) is 0 Å². The molecule has 2 saturated carbocycles. The molecule has 2 aliphatic carbocycles. The van der Waals surface area contributed by atoms with Gasteiger partial charge in [0.05, 0.1) is 7.11 Å². The first kappa shape index (κ1) is 26.9. The number of nitrogens with zero attached hydrogens (tertiary/aromatic N) is 2. The summed E-state index contributed by atoms with van der Waals surface area (Å²) < 4.78 is 5.48. The molecule has 3 N–H and O–H groups in total. The quantitative estimate of drug-likeness (QED) is 0.569. The number of piperidine rings is 1. The van der Waals surface area contributed by atoms with Crippen molar-refractivity contribution >= 4 is 11.8 Å². The number of amides is 2. The third-order valence-electron chi connectivity index (χ3n) is 8.65. The SMILES string of the molecule is COc1cccc(CN(CC2CCCCC2)C2CCN(C(C)=O)[C@@H](C(=O)NC3CCC(N)CC3)C2)c1. The molecule has 0 spiro atoms. The molecule has 1 saturated heterocycles. The molecule has 200 valence electrons. The number of benzene rings is 1. The Balaban J connectivity index is 1.49. The number of nitrogens with one attached hydrogen (secondary N) is 1. The summed E-state index contributed by atoms with van der Waals surface area (Å²) in [4.78, 5) is 30.4. The minimum atomic E-state index is -0.406. The summed E-state index contributed by atoms with van der Waals surface area (Å²) in [5.74, 6) is 1.58. The highest BCUT2D eigenvalue weighted by Gasteiger charge is 2.38. The van der Waals surface area contributed by atoms with Crippen molar-refractivity contribution < 1.29 is 14.3 Å². The molecule has 36 heavy (non-hydrogen) atoms. The molecule has 2 atom stereocenters. The zero-order valence-electron chi connectivity index (χ0n) is 22.3. The van der Waals surface area contributed by atoms with Crippen LogP contribution < -0.4 is 15.8 Å². The zero-order valence-corrected chi connectivity index (χ0v) is 22.3. The predicted molar refractivity (Wildman–Crippen MR) is 143 cm³/mol. The monoisotopic (exact) mass is 498 g/mol. The van der Waals surface area contributed by atoms with Crippen molar-refractivity contribution in [1.82, 2.24) is 15.1 Å². The van der Waals surface area contributed by atoms with Crippen LogP contribution in [0, 0.1) is 5.92 Å². The maximum atomic E-state index is 13.5. The summed E-state index contributed by atoms with van der Waals surface area (Å²) in [5.41, 5.74) is 7.30. The van der Waals surface area contributed by atoms with E-state index in [0.29, 0.717) is 18.9 Å². The molecule has 2 amide bonds. The fourth-order valence-electron chi connectivity index (χ4n) is 6.51. The third kappa shape index (κ3) is 7.22. The van der Waals surface area contributed by atoms with E-state index in [9.17, 15) is 9.59 Å². The van der Waals surface area contributed by atoms with Gasteiger partial charge in [-0.1, -0.05) is 31.4 Å². The van der Waals surface area contributed by atoms with Crippen molar-refractivity contribution in [2.45, 2.75) is 108 Å². The lowest BCUT2D eigenvalue weighted by atomic mass is 9.87. The van der Waals surface area contributed by atoms with Crippen molar-refractivity contribution in [2.24, 2.45) is 11.7 Å². The Labute approximate surface area is 217 Å². The van der Waals surface area contributed by atoms with E-state index in [2.05, 4.69) is 28.4 Å². The van der Waals surface area contributed by atoms with Gasteiger partial charge in [-0.15, -0.1) is 0 Å². The van der Waals surface area contributed by atoms with Crippen LogP contribution in [0.4, 0.5) is 0 Å². The lowest BCUT2D eigenvalue weighted by Crippen LogP contribution is -2.58. The Morgan fingerprint density at radius 3 is 2.53 bits per heavy atom. The topological polar surface area (TPSA) is 87.9 Å². The van der Waals surface area contributed by atoms with Gasteiger partial charge >= 0.3 is 0 Å². The molecule has 7 nitrogen and oxygen atoms in total. The van der Waals surface area contributed by atoms with E-state index in [1.807, 2.05) is 6.07 Å². The molecule has 4 rings (SSSR count). The molecule has 1 unspecified atom stereocenters. The highest BCUT2D eigenvalue weighted by molar-refractivity contribution is 5.87. The second-order valence-corrected chi connectivity index (χ2v) is 11.3. The van der Waals surface area contributed by atoms with E-state index in [1.165, 1.54) is 37.7 Å². The van der Waals surface area contributed by atoms with E-state index in [0.717, 1.165) is 50.9 Å². The molecule has 3 fully saturated rings. The lowest BCUT2D eigenvalue weighted by molar-refractivity contribution is -0.142. The van der Waals surface area contributed by atoms with Crippen LogP contribution in [0.3, 0.4) is 0 Å². The molecule has 1 aliphatic heterocycles. The Kier molecular flexibility index (Phi) is 9.66. The van der Waals surface area contributed by atoms with Gasteiger partial charge < -0.3 is 20.7 Å². The number of hydrogen-bond donors (Lipinski definition) is 2. The van der Waals surface area contributed by atoms with Gasteiger partial charge in [0, 0.05) is 44.7 Å². The first-order valence-corrected chi connectivity index (χ1v) is 14.1. The van der Waals surface area contributed by atoms with Crippen LogP contribution in [0.25, 0.3) is 0 Å². The first-order chi connectivity index (χ1) is 17.4. The second kappa shape index (κ2) is 12.9. The molecular formula is C29H46N4O3. The van der Waals surface area contributed by atoms with E-state index in [4.69, 9.17) is 10.5 Å². The average Bonchev–Trinajstić information content (AvgIpc) is 2.90. The molecule has 0 aromatic heterocycles. The fraction of sp³-hybridized carbons (Fsp3) is 0.724. The van der Waals surface area contributed by atoms with Crippen LogP contribution in [0.2, 0.25) is 0 Å². The fourth-order valence-corrected chi connectivity index (χ4v) is 6.51. The van der Waals surface area contributed by atoms with E-state index < -0.39 is 6.04 Å². The summed E-state index contributed by atoms with van der Waals surface area (Å²) in [6.45, 7) is 4.12. The van der Waals surface area contributed by atoms with Gasteiger partial charge in [-0.05, 0) is 75.0 Å². The molecule has 7 heteroatoms. The largest absolute Gasteiger partial charge is 0.497 e. The van der Waals surface area contributed by atoms with Crippen LogP contribution in [0.1, 0.15) is 83.1 Å². The molecule has 3 aliphatic rings. The number of rotatable bonds is 8. The van der Waals surface area contributed by atoms with Gasteiger partial charge in [0.2, 0.25) is 11.8 Å². The van der Waals surface area contributed by atoms with Gasteiger partial charge in [-0.3, -0.25) is 14.5 Å². The molecule has 0 radical (unpaired) electrons. The number of ether oxygens (including phenoxy) is 1. The van der Waals surface area contributed by atoms with Crippen molar-refractivity contribution in [3.8, 4) is 5.75 Å². The van der Waals surface area contributed by atoms with Crippen molar-refractivity contribution in [3.05, 3.63) is 29.8 Å². The lowest BCUT2D eigenvalue weighted by Gasteiger charge is -2.44. The summed E-state index contributed by atoms with van der Waals surface area (Å²) >= 11 is 0. The minimum absolute atomic E-state index is 0.00843. The second-order valence-electron chi connectivity index (χ2n) is 11.3. The van der Waals surface area contributed by atoms with Gasteiger partial charge in [-0.25, -0.2) is 0 Å². The molecule has 1 heterocycles. The Hall–Kier alpha value is -2.12. The maximum Gasteiger partial charge on any atom is 0.243 e. The van der Waals surface area contributed by atoms with Gasteiger partial charge in [-0.2, -0.15) is 0 Å². The number of carbonyl (C=O) groups excluding carboxylic acids is 2. The predicted octanol–water partition coefficient (Wildman–Crippen LogP) is 3.84. The number of nitrogens with two attached hydrogens (primary N) is 1. The van der Waals surface area contributed by atoms with E-state index >= 15 is 0 Å². The van der Waals surface area contributed by atoms with Crippen LogP contribution in [-0.2, 0) is 16.1 Å². The molecular weight excluding hydrogens is 452 g/mol. The first-order valence-electron chi connectivity index (χ1n) is 14.1. The number of likely N-dealkylation sites (tertiary alicyclic amines) is 1. The van der Waals surface area contributed by atoms with Crippen molar-refractivity contribution in [2.75, 3.05) is 20.2 Å². The third-order valence-corrected chi connectivity index (χ3v) is 8.65. The van der Waals surface area contributed by atoms with E-state index in [-0.39, 0.29) is 29.9 Å². The maximum absolute atomic E-state index is 13.5. The number of carbonyl (C=O) groups is 2. The van der Waals surface area contributed by atoms with Crippen molar-refractivity contribution in [3.63, 3.8) is 0 Å². The van der Waals surface area contributed by atoms with Crippen LogP contribution in [-0.4, -0.2) is 66.0 Å². The van der Waals surface area contributed by atoms with E-state index in [1.54, 1.807) is 18.9 Å². The van der Waals surface area contributed by atoms with Crippen LogP contribution in [0.5, 0.6) is 5.75 Å². The Bertz CT molecular complexity index is 864.